The summed E-state index contributed by atoms with van der Waals surface area (Å²) in [5.74, 6) is -0.322. The third-order valence-electron chi connectivity index (χ3n) is 2.95. The van der Waals surface area contributed by atoms with Gasteiger partial charge in [0.25, 0.3) is 0 Å². The van der Waals surface area contributed by atoms with E-state index in [1.807, 2.05) is 24.3 Å². The van der Waals surface area contributed by atoms with Gasteiger partial charge >= 0.3 is 0 Å². The van der Waals surface area contributed by atoms with E-state index in [4.69, 9.17) is 0 Å². The van der Waals surface area contributed by atoms with E-state index in [9.17, 15) is 9.59 Å². The van der Waals surface area contributed by atoms with E-state index in [-0.39, 0.29) is 18.1 Å². The summed E-state index contributed by atoms with van der Waals surface area (Å²) in [6, 6.07) is 7.47. The Balaban J connectivity index is 2.13. The number of amides is 1. The Bertz CT molecular complexity index is 558. The van der Waals surface area contributed by atoms with E-state index in [2.05, 4.69) is 9.97 Å². The van der Waals surface area contributed by atoms with Crippen molar-refractivity contribution in [3.8, 4) is 0 Å². The number of carbonyl (C=O) groups is 2. The van der Waals surface area contributed by atoms with Gasteiger partial charge in [0.05, 0.1) is 6.42 Å². The largest absolute Gasteiger partial charge is 0.334 e. The summed E-state index contributed by atoms with van der Waals surface area (Å²) in [4.78, 5) is 33.2. The number of rotatable bonds is 6. The molecule has 0 aliphatic heterocycles. The second-order valence-corrected chi connectivity index (χ2v) is 4.85. The van der Waals surface area contributed by atoms with E-state index in [1.165, 1.54) is 6.92 Å². The summed E-state index contributed by atoms with van der Waals surface area (Å²) in [6.07, 6.45) is 6.73. The molecule has 2 aromatic heterocycles. The highest BCUT2D eigenvalue weighted by Gasteiger charge is 2.16. The molecule has 0 fully saturated rings. The van der Waals surface area contributed by atoms with Crippen LogP contribution < -0.4 is 0 Å². The van der Waals surface area contributed by atoms with Crippen molar-refractivity contribution in [2.75, 3.05) is 0 Å². The molecule has 2 heterocycles. The summed E-state index contributed by atoms with van der Waals surface area (Å²) in [6.45, 7) is 2.27. The van der Waals surface area contributed by atoms with Crippen molar-refractivity contribution in [2.24, 2.45) is 0 Å². The van der Waals surface area contributed by atoms with Gasteiger partial charge in [-0.15, -0.1) is 0 Å². The maximum absolute atomic E-state index is 12.2. The van der Waals surface area contributed by atoms with Crippen LogP contribution in [-0.2, 0) is 22.7 Å². The fourth-order valence-electron chi connectivity index (χ4n) is 1.98. The predicted molar refractivity (Wildman–Crippen MR) is 78.0 cm³/mol. The zero-order valence-corrected chi connectivity index (χ0v) is 11.9. The Morgan fingerprint density at radius 3 is 1.90 bits per heavy atom. The highest BCUT2D eigenvalue weighted by molar-refractivity contribution is 5.96. The maximum atomic E-state index is 12.2. The molecule has 0 saturated carbocycles. The molecule has 2 aromatic rings. The molecule has 0 aromatic carbocycles. The first kappa shape index (κ1) is 14.8. The molecule has 21 heavy (non-hydrogen) atoms. The van der Waals surface area contributed by atoms with Crippen molar-refractivity contribution in [2.45, 2.75) is 26.4 Å². The van der Waals surface area contributed by atoms with Crippen LogP contribution in [0.1, 0.15) is 24.5 Å². The minimum Gasteiger partial charge on any atom is -0.334 e. The van der Waals surface area contributed by atoms with Crippen molar-refractivity contribution in [3.05, 3.63) is 60.2 Å². The normalized spacial score (nSPS) is 10.1. The first-order chi connectivity index (χ1) is 10.1. The Labute approximate surface area is 123 Å². The minimum atomic E-state index is -0.185. The molecule has 0 atom stereocenters. The first-order valence-electron chi connectivity index (χ1n) is 6.70. The second kappa shape index (κ2) is 7.28. The minimum absolute atomic E-state index is 0.0828. The molecule has 5 heteroatoms. The van der Waals surface area contributed by atoms with Gasteiger partial charge in [-0.1, -0.05) is 12.1 Å². The Morgan fingerprint density at radius 1 is 1.00 bits per heavy atom. The fourth-order valence-corrected chi connectivity index (χ4v) is 1.98. The SMILES string of the molecule is CC(=O)CC(=O)N(Cc1cccnc1)Cc1cccnc1. The van der Waals surface area contributed by atoms with Crippen LogP contribution in [0, 0.1) is 0 Å². The second-order valence-electron chi connectivity index (χ2n) is 4.85. The van der Waals surface area contributed by atoms with Crippen LogP contribution in [0.2, 0.25) is 0 Å². The standard InChI is InChI=1S/C16H17N3O2/c1-13(20)8-16(21)19(11-14-4-2-6-17-9-14)12-15-5-3-7-18-10-15/h2-7,9-10H,8,11-12H2,1H3. The molecular weight excluding hydrogens is 266 g/mol. The van der Waals surface area contributed by atoms with Crippen molar-refractivity contribution in [1.82, 2.24) is 14.9 Å². The third kappa shape index (κ3) is 4.80. The smallest absolute Gasteiger partial charge is 0.230 e. The lowest BCUT2D eigenvalue weighted by Crippen LogP contribution is -2.31. The van der Waals surface area contributed by atoms with Crippen LogP contribution in [0.25, 0.3) is 0 Å². The van der Waals surface area contributed by atoms with Gasteiger partial charge in [0.2, 0.25) is 5.91 Å². The molecule has 2 rings (SSSR count). The molecule has 0 unspecified atom stereocenters. The Kier molecular flexibility index (Phi) is 5.15. The monoisotopic (exact) mass is 283 g/mol. The van der Waals surface area contributed by atoms with Gasteiger partial charge in [-0.2, -0.15) is 0 Å². The molecule has 0 N–H and O–H groups in total. The van der Waals surface area contributed by atoms with Gasteiger partial charge in [-0.05, 0) is 30.2 Å². The maximum Gasteiger partial charge on any atom is 0.230 e. The van der Waals surface area contributed by atoms with Crippen LogP contribution in [0.15, 0.2) is 49.1 Å². The van der Waals surface area contributed by atoms with Gasteiger partial charge in [0.1, 0.15) is 5.78 Å². The van der Waals surface area contributed by atoms with Gasteiger partial charge in [-0.3, -0.25) is 19.6 Å². The fraction of sp³-hybridized carbons (Fsp3) is 0.250. The van der Waals surface area contributed by atoms with E-state index >= 15 is 0 Å². The molecule has 0 aliphatic carbocycles. The highest BCUT2D eigenvalue weighted by Crippen LogP contribution is 2.10. The number of aromatic nitrogens is 2. The molecule has 108 valence electrons. The van der Waals surface area contributed by atoms with Crippen molar-refractivity contribution >= 4 is 11.7 Å². The lowest BCUT2D eigenvalue weighted by Gasteiger charge is -2.22. The van der Waals surface area contributed by atoms with Gasteiger partial charge in [0, 0.05) is 37.9 Å². The van der Waals surface area contributed by atoms with Crippen LogP contribution in [0.5, 0.6) is 0 Å². The van der Waals surface area contributed by atoms with E-state index < -0.39 is 0 Å². The number of nitrogens with zero attached hydrogens (tertiary/aromatic N) is 3. The van der Waals surface area contributed by atoms with Crippen LogP contribution >= 0.6 is 0 Å². The van der Waals surface area contributed by atoms with Crippen molar-refractivity contribution in [1.29, 1.82) is 0 Å². The summed E-state index contributed by atoms with van der Waals surface area (Å²) in [5, 5.41) is 0. The van der Waals surface area contributed by atoms with E-state index in [0.717, 1.165) is 11.1 Å². The number of ketones is 1. The molecule has 0 spiro atoms. The summed E-state index contributed by atoms with van der Waals surface area (Å²) in [7, 11) is 0. The quantitative estimate of drug-likeness (QED) is 0.760. The average Bonchev–Trinajstić information content (AvgIpc) is 2.48. The van der Waals surface area contributed by atoms with Gasteiger partial charge < -0.3 is 4.90 Å². The topological polar surface area (TPSA) is 63.2 Å². The number of pyridine rings is 2. The molecular formula is C16H17N3O2. The molecule has 5 nitrogen and oxygen atoms in total. The lowest BCUT2D eigenvalue weighted by molar-refractivity contribution is -0.135. The number of hydrogen-bond donors (Lipinski definition) is 0. The van der Waals surface area contributed by atoms with Crippen molar-refractivity contribution < 1.29 is 9.59 Å². The molecule has 0 saturated heterocycles. The molecule has 0 aliphatic rings. The summed E-state index contributed by atoms with van der Waals surface area (Å²) < 4.78 is 0. The van der Waals surface area contributed by atoms with E-state index in [1.54, 1.807) is 29.7 Å². The molecule has 0 radical (unpaired) electrons. The van der Waals surface area contributed by atoms with Gasteiger partial charge in [-0.25, -0.2) is 0 Å². The average molecular weight is 283 g/mol. The van der Waals surface area contributed by atoms with Gasteiger partial charge in [0.15, 0.2) is 0 Å². The Hall–Kier alpha value is -2.56. The van der Waals surface area contributed by atoms with Crippen LogP contribution in [0.3, 0.4) is 0 Å². The first-order valence-corrected chi connectivity index (χ1v) is 6.70. The molecule has 0 bridgehead atoms. The number of hydrogen-bond acceptors (Lipinski definition) is 4. The van der Waals surface area contributed by atoms with Crippen LogP contribution in [-0.4, -0.2) is 26.6 Å². The lowest BCUT2D eigenvalue weighted by atomic mass is 10.2. The Morgan fingerprint density at radius 2 is 1.52 bits per heavy atom. The number of Topliss-reactive ketones (excluding diaryl/α,β-unsaturated/α-hetero) is 1. The van der Waals surface area contributed by atoms with E-state index in [0.29, 0.717) is 13.1 Å². The van der Waals surface area contributed by atoms with Crippen LogP contribution in [0.4, 0.5) is 0 Å². The highest BCUT2D eigenvalue weighted by atomic mass is 16.2. The summed E-state index contributed by atoms with van der Waals surface area (Å²) in [5.41, 5.74) is 1.86. The third-order valence-corrected chi connectivity index (χ3v) is 2.95. The zero-order valence-electron chi connectivity index (χ0n) is 11.9. The summed E-state index contributed by atoms with van der Waals surface area (Å²) >= 11 is 0. The zero-order chi connectivity index (χ0) is 15.1. The number of carbonyl (C=O) groups excluding carboxylic acids is 2. The molecule has 1 amide bonds. The van der Waals surface area contributed by atoms with Crippen molar-refractivity contribution in [3.63, 3.8) is 0 Å². The predicted octanol–water partition coefficient (Wildman–Crippen LogP) is 1.98.